The van der Waals surface area contributed by atoms with Crippen molar-refractivity contribution in [1.29, 1.82) is 0 Å². The Hall–Kier alpha value is -2.99. The van der Waals surface area contributed by atoms with E-state index in [1.165, 1.54) is 0 Å². The number of aromatic nitrogens is 4. The van der Waals surface area contributed by atoms with E-state index in [2.05, 4.69) is 42.3 Å². The second kappa shape index (κ2) is 8.40. The molecule has 0 radical (unpaired) electrons. The monoisotopic (exact) mass is 533 g/mol. The highest BCUT2D eigenvalue weighted by Crippen LogP contribution is 2.24. The van der Waals surface area contributed by atoms with Crippen molar-refractivity contribution in [2.75, 3.05) is 4.72 Å². The lowest BCUT2D eigenvalue weighted by atomic mass is 10.3. The van der Waals surface area contributed by atoms with Crippen LogP contribution in [0.15, 0.2) is 78.2 Å². The normalized spacial score (nSPS) is 11.3. The lowest BCUT2D eigenvalue weighted by Crippen LogP contribution is -2.12. The molecule has 8 nitrogen and oxygen atoms in total. The van der Waals surface area contributed by atoms with Crippen LogP contribution < -0.4 is 9.46 Å². The van der Waals surface area contributed by atoms with Crippen LogP contribution in [0.3, 0.4) is 0 Å². The largest absolute Gasteiger partial charge is 0.439 e. The number of sulfonamides is 1. The van der Waals surface area contributed by atoms with E-state index in [1.807, 2.05) is 0 Å². The molecule has 0 saturated carbocycles. The van der Waals surface area contributed by atoms with Crippen molar-refractivity contribution >= 4 is 38.3 Å². The van der Waals surface area contributed by atoms with E-state index < -0.39 is 10.0 Å². The van der Waals surface area contributed by atoms with E-state index in [-0.39, 0.29) is 4.90 Å². The van der Waals surface area contributed by atoms with Crippen molar-refractivity contribution in [3.63, 3.8) is 0 Å². The van der Waals surface area contributed by atoms with Gasteiger partial charge in [-0.25, -0.2) is 18.4 Å². The fraction of sp³-hybridized carbons (Fsp3) is 0.0500. The van der Waals surface area contributed by atoms with Crippen molar-refractivity contribution in [2.45, 2.75) is 11.8 Å². The first-order valence-corrected chi connectivity index (χ1v) is 11.4. The summed E-state index contributed by atoms with van der Waals surface area (Å²) in [5, 5.41) is 0. The van der Waals surface area contributed by atoms with E-state index in [0.29, 0.717) is 29.0 Å². The average molecular weight is 533 g/mol. The Balaban J connectivity index is 1.50. The van der Waals surface area contributed by atoms with Gasteiger partial charge in [0.15, 0.2) is 0 Å². The maximum Gasteiger partial charge on any atom is 0.261 e. The number of anilines is 1. The fourth-order valence-electron chi connectivity index (χ4n) is 2.64. The van der Waals surface area contributed by atoms with E-state index in [4.69, 9.17) is 4.74 Å². The number of halogens is 1. The van der Waals surface area contributed by atoms with Crippen molar-refractivity contribution < 1.29 is 13.2 Å². The summed E-state index contributed by atoms with van der Waals surface area (Å²) in [6.45, 7) is 1.77. The number of aryl methyl sites for hydroxylation is 1. The minimum Gasteiger partial charge on any atom is -0.439 e. The molecular formula is C20H16IN5O3S. The number of nitrogens with zero attached hydrogens (tertiary/aromatic N) is 4. The molecule has 0 amide bonds. The molecule has 2 aromatic carbocycles. The van der Waals surface area contributed by atoms with Crippen molar-refractivity contribution in [3.05, 3.63) is 82.7 Å². The Bertz CT molecular complexity index is 1260. The Morgan fingerprint density at radius 2 is 1.77 bits per heavy atom. The Kier molecular flexibility index (Phi) is 5.68. The number of hydrogen-bond donors (Lipinski definition) is 1. The number of rotatable bonds is 6. The van der Waals surface area contributed by atoms with Gasteiger partial charge in [0.2, 0.25) is 5.88 Å². The van der Waals surface area contributed by atoms with Crippen molar-refractivity contribution in [2.24, 2.45) is 0 Å². The molecular weight excluding hydrogens is 517 g/mol. The number of hydrogen-bond acceptors (Lipinski definition) is 6. The van der Waals surface area contributed by atoms with Gasteiger partial charge in [0, 0.05) is 27.7 Å². The zero-order valence-corrected chi connectivity index (χ0v) is 18.7. The number of benzene rings is 2. The van der Waals surface area contributed by atoms with Crippen LogP contribution in [0.2, 0.25) is 0 Å². The van der Waals surface area contributed by atoms with Gasteiger partial charge in [0.05, 0.1) is 4.90 Å². The van der Waals surface area contributed by atoms with Crippen LogP contribution in [0, 0.1) is 10.5 Å². The summed E-state index contributed by atoms with van der Waals surface area (Å²) in [6.07, 6.45) is 5.08. The second-order valence-corrected chi connectivity index (χ2v) is 9.20. The van der Waals surface area contributed by atoms with E-state index in [1.54, 1.807) is 84.8 Å². The third-order valence-corrected chi connectivity index (χ3v) is 6.14. The molecule has 0 spiro atoms. The van der Waals surface area contributed by atoms with Gasteiger partial charge in [0.25, 0.3) is 10.0 Å². The van der Waals surface area contributed by atoms with E-state index in [9.17, 15) is 8.42 Å². The minimum atomic E-state index is -3.66. The Labute approximate surface area is 187 Å². The molecule has 0 fully saturated rings. The number of nitrogens with one attached hydrogen (secondary N) is 1. The van der Waals surface area contributed by atoms with Gasteiger partial charge in [-0.2, -0.15) is 4.98 Å². The summed E-state index contributed by atoms with van der Waals surface area (Å²) >= 11 is 2.13. The molecule has 2 aromatic heterocycles. The molecule has 30 heavy (non-hydrogen) atoms. The van der Waals surface area contributed by atoms with Crippen LogP contribution in [0.1, 0.15) is 5.82 Å². The van der Waals surface area contributed by atoms with Gasteiger partial charge < -0.3 is 4.74 Å². The van der Waals surface area contributed by atoms with Crippen LogP contribution in [0.5, 0.6) is 11.6 Å². The maximum absolute atomic E-state index is 12.5. The van der Waals surface area contributed by atoms with Gasteiger partial charge in [-0.05, 0) is 78.0 Å². The molecule has 152 valence electrons. The molecule has 0 aliphatic rings. The summed E-state index contributed by atoms with van der Waals surface area (Å²) in [4.78, 5) is 12.9. The quantitative estimate of drug-likeness (QED) is 0.374. The predicted molar refractivity (Wildman–Crippen MR) is 120 cm³/mol. The molecule has 0 unspecified atom stereocenters. The molecule has 10 heteroatoms. The van der Waals surface area contributed by atoms with Crippen LogP contribution in [-0.4, -0.2) is 27.9 Å². The number of imidazole rings is 1. The van der Waals surface area contributed by atoms with Crippen molar-refractivity contribution in [1.82, 2.24) is 19.5 Å². The Morgan fingerprint density at radius 3 is 2.43 bits per heavy atom. The summed E-state index contributed by atoms with van der Waals surface area (Å²) in [5.74, 6) is 2.08. The lowest BCUT2D eigenvalue weighted by molar-refractivity contribution is 0.459. The minimum absolute atomic E-state index is 0.201. The first-order valence-electron chi connectivity index (χ1n) is 8.79. The molecule has 0 bridgehead atoms. The molecule has 4 aromatic rings. The maximum atomic E-state index is 12.5. The fourth-order valence-corrected chi connectivity index (χ4v) is 4.06. The third kappa shape index (κ3) is 4.76. The van der Waals surface area contributed by atoms with Crippen LogP contribution in [0.4, 0.5) is 5.69 Å². The van der Waals surface area contributed by atoms with Crippen LogP contribution in [0.25, 0.3) is 5.82 Å². The van der Waals surface area contributed by atoms with Gasteiger partial charge in [0.1, 0.15) is 23.7 Å². The summed E-state index contributed by atoms with van der Waals surface area (Å²) in [6, 6.07) is 14.9. The molecule has 0 aliphatic heterocycles. The SMILES string of the molecule is Cc1nc(Oc2ccc(NS(=O)(=O)c3ccc(I)cc3)cc2)cc(-n2ccnc2)n1. The van der Waals surface area contributed by atoms with Gasteiger partial charge in [-0.3, -0.25) is 9.29 Å². The van der Waals surface area contributed by atoms with Crippen LogP contribution >= 0.6 is 22.6 Å². The highest BCUT2D eigenvalue weighted by atomic mass is 127. The van der Waals surface area contributed by atoms with Crippen LogP contribution in [-0.2, 0) is 10.0 Å². The molecule has 2 heterocycles. The first-order chi connectivity index (χ1) is 14.4. The zero-order valence-electron chi connectivity index (χ0n) is 15.7. The van der Waals surface area contributed by atoms with Gasteiger partial charge >= 0.3 is 0 Å². The summed E-state index contributed by atoms with van der Waals surface area (Å²) in [5.41, 5.74) is 0.430. The van der Waals surface area contributed by atoms with E-state index in [0.717, 1.165) is 3.57 Å². The molecule has 1 N–H and O–H groups in total. The topological polar surface area (TPSA) is 99.0 Å². The zero-order chi connectivity index (χ0) is 21.1. The average Bonchev–Trinajstić information content (AvgIpc) is 3.24. The molecule has 0 saturated heterocycles. The second-order valence-electron chi connectivity index (χ2n) is 6.27. The Morgan fingerprint density at radius 1 is 1.03 bits per heavy atom. The van der Waals surface area contributed by atoms with Crippen molar-refractivity contribution in [3.8, 4) is 17.4 Å². The summed E-state index contributed by atoms with van der Waals surface area (Å²) < 4.78 is 36.1. The standard InChI is InChI=1S/C20H16IN5O3S/c1-14-23-19(26-11-10-22-13-26)12-20(24-14)29-17-6-4-16(5-7-17)25-30(27,28)18-8-2-15(21)3-9-18/h2-13,25H,1H3. The molecule has 0 aliphatic carbocycles. The predicted octanol–water partition coefficient (Wildman–Crippen LogP) is 4.17. The van der Waals surface area contributed by atoms with Gasteiger partial charge in [-0.1, -0.05) is 0 Å². The smallest absolute Gasteiger partial charge is 0.261 e. The molecule has 0 atom stereocenters. The van der Waals surface area contributed by atoms with Gasteiger partial charge in [-0.15, -0.1) is 0 Å². The summed E-state index contributed by atoms with van der Waals surface area (Å²) in [7, 11) is -3.66. The van der Waals surface area contributed by atoms with E-state index >= 15 is 0 Å². The first kappa shape index (κ1) is 20.3. The lowest BCUT2D eigenvalue weighted by Gasteiger charge is -2.10. The number of ether oxygens (including phenoxy) is 1. The molecule has 4 rings (SSSR count). The highest BCUT2D eigenvalue weighted by molar-refractivity contribution is 14.1. The third-order valence-electron chi connectivity index (χ3n) is 4.02. The highest BCUT2D eigenvalue weighted by Gasteiger charge is 2.14.